The van der Waals surface area contributed by atoms with Gasteiger partial charge in [-0.05, 0) is 92.7 Å². The minimum absolute atomic E-state index is 0.0184. The van der Waals surface area contributed by atoms with Crippen LogP contribution in [-0.4, -0.2) is 166 Å². The lowest BCUT2D eigenvalue weighted by atomic mass is 9.74. The number of esters is 2. The third kappa shape index (κ3) is 12.4. The fraction of sp³-hybridized carbons (Fsp3) is 0.735. The zero-order valence-corrected chi connectivity index (χ0v) is 41.3. The summed E-state index contributed by atoms with van der Waals surface area (Å²) in [5, 5.41) is 51.4. The largest absolute Gasteiger partial charge is 0.459 e. The minimum Gasteiger partial charge on any atom is -0.459 e. The number of cyclic esters (lactones) is 1. The Balaban J connectivity index is 1.57. The quantitative estimate of drug-likeness (QED) is 0.203. The molecule has 0 spiro atoms. The van der Waals surface area contributed by atoms with Gasteiger partial charge in [-0.1, -0.05) is 26.8 Å². The number of nitrogens with zero attached hydrogens (tertiary/aromatic N) is 2. The Morgan fingerprint density at radius 2 is 1.61 bits per heavy atom. The highest BCUT2D eigenvalue weighted by Crippen LogP contribution is 2.41. The Hall–Kier alpha value is -3.69. The van der Waals surface area contributed by atoms with Crippen molar-refractivity contribution in [1.29, 1.82) is 0 Å². The molecule has 0 radical (unpaired) electrons. The van der Waals surface area contributed by atoms with Crippen LogP contribution in [0.2, 0.25) is 0 Å². The topological polar surface area (TPSA) is 242 Å². The lowest BCUT2D eigenvalue weighted by Gasteiger charge is -2.49. The van der Waals surface area contributed by atoms with Gasteiger partial charge in [0.15, 0.2) is 18.7 Å². The second-order valence-electron chi connectivity index (χ2n) is 20.1. The molecule has 0 bridgehead atoms. The summed E-state index contributed by atoms with van der Waals surface area (Å²) in [6.07, 6.45) is -9.59. The molecule has 1 aromatic heterocycles. The Kier molecular flexibility index (Phi) is 17.8. The zero-order chi connectivity index (χ0) is 49.9. The number of likely N-dealkylation sites (N-methyl/N-ethyl adjacent to an activating group) is 1. The van der Waals surface area contributed by atoms with Gasteiger partial charge in [-0.15, -0.1) is 0 Å². The van der Waals surface area contributed by atoms with E-state index in [1.54, 1.807) is 65.1 Å². The van der Waals surface area contributed by atoms with E-state index in [-0.39, 0.29) is 38.0 Å². The van der Waals surface area contributed by atoms with Crippen LogP contribution in [0.15, 0.2) is 36.5 Å². The number of carbonyl (C=O) groups excluding carboxylic acids is 4. The molecule has 18 atom stereocenters. The number of ketones is 1. The molecule has 5 rings (SSSR count). The Morgan fingerprint density at radius 1 is 0.925 bits per heavy atom. The normalized spacial score (nSPS) is 40.5. The van der Waals surface area contributed by atoms with Crippen molar-refractivity contribution in [1.82, 2.24) is 15.2 Å². The van der Waals surface area contributed by atoms with Crippen molar-refractivity contribution in [3.05, 3.63) is 42.1 Å². The molecule has 376 valence electrons. The average molecular weight is 946 g/mol. The van der Waals surface area contributed by atoms with Gasteiger partial charge in [0.1, 0.15) is 23.6 Å². The van der Waals surface area contributed by atoms with E-state index in [1.807, 2.05) is 32.0 Å². The van der Waals surface area contributed by atoms with Crippen molar-refractivity contribution in [3.63, 3.8) is 0 Å². The maximum atomic E-state index is 14.8. The van der Waals surface area contributed by atoms with Crippen molar-refractivity contribution >= 4 is 34.5 Å². The van der Waals surface area contributed by atoms with E-state index in [9.17, 15) is 39.6 Å². The monoisotopic (exact) mass is 946 g/mol. The van der Waals surface area contributed by atoms with Crippen LogP contribution in [0, 0.1) is 23.7 Å². The number of aliphatic hydroxyl groups excluding tert-OH is 2. The SMILES string of the molecule is CO[C@]1(C)C[C@H](O[C@H]2[C@H](C)[C@@H](O[C@@H]3O[C@H](C)C[C@H](N(C)C)[C@H]3OC(C)=O)[C@](C)(O)C[C@@H](C)C(=O)[C@H](C)[C@@H](O)[C@](C)(O)[C@@H](CCNC(=O)c3ccc4ncccc4c3)OC(=O)[C@@H]2C)O[C@@H](C)[C@@H]1O. The van der Waals surface area contributed by atoms with Gasteiger partial charge in [0.05, 0.1) is 59.2 Å². The molecular weight excluding hydrogens is 871 g/mol. The second-order valence-corrected chi connectivity index (χ2v) is 20.1. The molecule has 4 heterocycles. The Bertz CT molecular complexity index is 2030. The van der Waals surface area contributed by atoms with E-state index in [4.69, 9.17) is 33.2 Å². The van der Waals surface area contributed by atoms with Gasteiger partial charge in [-0.25, -0.2) is 0 Å². The van der Waals surface area contributed by atoms with Crippen LogP contribution >= 0.6 is 0 Å². The fourth-order valence-electron chi connectivity index (χ4n) is 10.2. The second kappa shape index (κ2) is 21.9. The first-order valence-electron chi connectivity index (χ1n) is 23.4. The number of ether oxygens (including phenoxy) is 7. The molecule has 3 aliphatic heterocycles. The van der Waals surface area contributed by atoms with Gasteiger partial charge in [-0.3, -0.25) is 24.2 Å². The predicted octanol–water partition coefficient (Wildman–Crippen LogP) is 3.31. The van der Waals surface area contributed by atoms with E-state index in [0.29, 0.717) is 17.5 Å². The van der Waals surface area contributed by atoms with Crippen LogP contribution < -0.4 is 5.32 Å². The average Bonchev–Trinajstić information content (AvgIpc) is 3.27. The first-order valence-corrected chi connectivity index (χ1v) is 23.4. The summed E-state index contributed by atoms with van der Waals surface area (Å²) in [7, 11) is 5.14. The molecule has 0 aliphatic carbocycles. The smallest absolute Gasteiger partial charge is 0.311 e. The van der Waals surface area contributed by atoms with Gasteiger partial charge in [0, 0.05) is 68.3 Å². The van der Waals surface area contributed by atoms with E-state index < -0.39 is 119 Å². The Labute approximate surface area is 394 Å². The number of benzene rings is 1. The maximum Gasteiger partial charge on any atom is 0.311 e. The standard InChI is InChI=1S/C49H75N3O15/c1-25-23-47(8,59)43(67-46-40(64-31(7)53)35(52(11)12)21-26(2)62-46)28(4)39(66-37-24-48(9,61-13)42(56)30(6)63-37)29(5)45(58)65-36(49(10,60)41(55)27(3)38(25)54)18-20-51-44(57)33-16-17-34-32(22-33)15-14-19-50-34/h14-17,19,22,25-30,35-37,39-43,46,55-56,59-60H,18,20-21,23-24H2,1-13H3,(H,51,57)/t25-,26-,27+,28+,29-,30+,35+,36-,37+,39+,40-,41-,42+,43-,46+,47-,48-,49-/m1/s1. The third-order valence-corrected chi connectivity index (χ3v) is 14.3. The van der Waals surface area contributed by atoms with Gasteiger partial charge in [0.2, 0.25) is 0 Å². The number of pyridine rings is 1. The van der Waals surface area contributed by atoms with E-state index >= 15 is 0 Å². The minimum atomic E-state index is -2.24. The summed E-state index contributed by atoms with van der Waals surface area (Å²) in [4.78, 5) is 61.3. The number of hydrogen-bond donors (Lipinski definition) is 5. The maximum absolute atomic E-state index is 14.8. The third-order valence-electron chi connectivity index (χ3n) is 14.3. The van der Waals surface area contributed by atoms with Crippen LogP contribution in [0.3, 0.4) is 0 Å². The highest BCUT2D eigenvalue weighted by Gasteiger charge is 2.54. The number of amides is 1. The first kappa shape index (κ1) is 54.3. The lowest BCUT2D eigenvalue weighted by Crippen LogP contribution is -2.61. The van der Waals surface area contributed by atoms with Gasteiger partial charge < -0.3 is 63.8 Å². The molecule has 18 heteroatoms. The lowest BCUT2D eigenvalue weighted by molar-refractivity contribution is -0.318. The van der Waals surface area contributed by atoms with Gasteiger partial charge >= 0.3 is 11.9 Å². The summed E-state index contributed by atoms with van der Waals surface area (Å²) >= 11 is 0. The number of methoxy groups -OCH3 is 1. The molecule has 0 saturated carbocycles. The number of nitrogens with one attached hydrogen (secondary N) is 1. The molecule has 67 heavy (non-hydrogen) atoms. The zero-order valence-electron chi connectivity index (χ0n) is 41.3. The van der Waals surface area contributed by atoms with Crippen molar-refractivity contribution in [2.24, 2.45) is 23.7 Å². The van der Waals surface area contributed by atoms with E-state index in [0.717, 1.165) is 5.39 Å². The summed E-state index contributed by atoms with van der Waals surface area (Å²) in [6, 6.07) is 8.26. The van der Waals surface area contributed by atoms with Crippen LogP contribution in [0.5, 0.6) is 0 Å². The number of fused-ring (bicyclic) bond motifs is 1. The molecule has 1 amide bonds. The number of carbonyl (C=O) groups is 4. The number of aromatic nitrogens is 1. The molecule has 0 unspecified atom stereocenters. The molecule has 3 aliphatic rings. The summed E-state index contributed by atoms with van der Waals surface area (Å²) in [5.41, 5.74) is -4.23. The van der Waals surface area contributed by atoms with Crippen LogP contribution in [0.4, 0.5) is 0 Å². The van der Waals surface area contributed by atoms with Crippen LogP contribution in [0.1, 0.15) is 105 Å². The molecule has 5 N–H and O–H groups in total. The van der Waals surface area contributed by atoms with E-state index in [2.05, 4.69) is 10.3 Å². The number of Topliss-reactive ketones (excluding diaryl/α,β-unsaturated/α-hetero) is 1. The van der Waals surface area contributed by atoms with Gasteiger partial charge in [-0.2, -0.15) is 0 Å². The molecular formula is C49H75N3O15. The molecule has 3 saturated heterocycles. The number of rotatable bonds is 11. The first-order chi connectivity index (χ1) is 31.2. The summed E-state index contributed by atoms with van der Waals surface area (Å²) in [5.74, 6) is -6.79. The molecule has 1 aromatic carbocycles. The highest BCUT2D eigenvalue weighted by atomic mass is 16.7. The van der Waals surface area contributed by atoms with Crippen molar-refractivity contribution in [3.8, 4) is 0 Å². The van der Waals surface area contributed by atoms with E-state index in [1.165, 1.54) is 34.8 Å². The highest BCUT2D eigenvalue weighted by molar-refractivity contribution is 5.97. The molecule has 18 nitrogen and oxygen atoms in total. The van der Waals surface area contributed by atoms with Crippen LogP contribution in [0.25, 0.3) is 10.9 Å². The molecule has 2 aromatic rings. The number of hydrogen-bond acceptors (Lipinski definition) is 17. The van der Waals surface area contributed by atoms with Gasteiger partial charge in [0.25, 0.3) is 5.91 Å². The number of aliphatic hydroxyl groups is 4. The Morgan fingerprint density at radius 3 is 2.25 bits per heavy atom. The fourth-order valence-corrected chi connectivity index (χ4v) is 10.2. The van der Waals surface area contributed by atoms with Crippen molar-refractivity contribution in [2.45, 2.75) is 179 Å². The summed E-state index contributed by atoms with van der Waals surface area (Å²) < 4.78 is 44.0. The van der Waals surface area contributed by atoms with Crippen molar-refractivity contribution in [2.75, 3.05) is 27.7 Å². The predicted molar refractivity (Wildman–Crippen MR) is 244 cm³/mol. The summed E-state index contributed by atoms with van der Waals surface area (Å²) in [6.45, 7) is 15.5. The molecule has 3 fully saturated rings. The van der Waals surface area contributed by atoms with Crippen LogP contribution in [-0.2, 0) is 47.5 Å². The van der Waals surface area contributed by atoms with Crippen molar-refractivity contribution < 1.29 is 72.8 Å².